The van der Waals surface area contributed by atoms with Gasteiger partial charge in [0.15, 0.2) is 0 Å². The van der Waals surface area contributed by atoms with E-state index in [0.717, 1.165) is 11.1 Å². The van der Waals surface area contributed by atoms with Gasteiger partial charge in [-0.2, -0.15) is 0 Å². The lowest BCUT2D eigenvalue weighted by Gasteiger charge is -2.13. The first-order valence-corrected chi connectivity index (χ1v) is 7.43. The summed E-state index contributed by atoms with van der Waals surface area (Å²) < 4.78 is 0. The van der Waals surface area contributed by atoms with Crippen LogP contribution < -0.4 is 5.32 Å². The van der Waals surface area contributed by atoms with Crippen LogP contribution in [-0.2, 0) is 0 Å². The molecule has 0 saturated heterocycles. The molecule has 116 valence electrons. The second-order valence-corrected chi connectivity index (χ2v) is 5.57. The predicted molar refractivity (Wildman–Crippen MR) is 93.9 cm³/mol. The van der Waals surface area contributed by atoms with Crippen molar-refractivity contribution < 1.29 is 9.72 Å². The molecule has 1 aliphatic rings. The van der Waals surface area contributed by atoms with Gasteiger partial charge in [0.1, 0.15) is 0 Å². The van der Waals surface area contributed by atoms with Gasteiger partial charge in [-0.15, -0.1) is 0 Å². The minimum atomic E-state index is -0.437. The molecule has 0 aliphatic heterocycles. The molecule has 0 aromatic heterocycles. The van der Waals surface area contributed by atoms with E-state index < -0.39 is 4.92 Å². The van der Waals surface area contributed by atoms with Gasteiger partial charge in [-0.05, 0) is 35.4 Å². The molecule has 0 radical (unpaired) electrons. The van der Waals surface area contributed by atoms with Crippen molar-refractivity contribution in [3.05, 3.63) is 81.4 Å². The van der Waals surface area contributed by atoms with E-state index in [0.29, 0.717) is 22.0 Å². The second-order valence-electron chi connectivity index (χ2n) is 5.57. The first-order valence-electron chi connectivity index (χ1n) is 7.43. The molecule has 5 heteroatoms. The standard InChI is InChI=1S/C19H12N2O3/c22-19(20-14-8-7-12-5-6-13(12)11-14)17-9-10-18(21(23)24)16-4-2-1-3-15(16)17/h1-11H,(H,20,22). The smallest absolute Gasteiger partial charge is 0.277 e. The maximum Gasteiger partial charge on any atom is 0.277 e. The fourth-order valence-electron chi connectivity index (χ4n) is 2.87. The number of nitrogens with zero attached hydrogens (tertiary/aromatic N) is 1. The number of amides is 1. The number of carbonyl (C=O) groups excluding carboxylic acids is 1. The van der Waals surface area contributed by atoms with Crippen molar-refractivity contribution in [2.24, 2.45) is 0 Å². The summed E-state index contributed by atoms with van der Waals surface area (Å²) in [5.74, 6) is -0.288. The van der Waals surface area contributed by atoms with Crippen LogP contribution in [-0.4, -0.2) is 10.8 Å². The van der Waals surface area contributed by atoms with E-state index in [-0.39, 0.29) is 11.6 Å². The highest BCUT2D eigenvalue weighted by Gasteiger charge is 2.18. The van der Waals surface area contributed by atoms with Crippen molar-refractivity contribution in [2.45, 2.75) is 0 Å². The van der Waals surface area contributed by atoms with Crippen molar-refractivity contribution >= 4 is 40.2 Å². The molecular formula is C19H12N2O3. The average molecular weight is 316 g/mol. The monoisotopic (exact) mass is 316 g/mol. The molecule has 5 nitrogen and oxygen atoms in total. The first-order chi connectivity index (χ1) is 11.6. The molecular weight excluding hydrogens is 304 g/mol. The zero-order valence-electron chi connectivity index (χ0n) is 12.5. The number of anilines is 1. The molecule has 0 saturated carbocycles. The highest BCUT2D eigenvalue weighted by atomic mass is 16.6. The lowest BCUT2D eigenvalue weighted by Crippen LogP contribution is -2.13. The third kappa shape index (κ3) is 2.23. The number of fused-ring (bicyclic) bond motifs is 2. The van der Waals surface area contributed by atoms with Crippen molar-refractivity contribution in [2.75, 3.05) is 5.32 Å². The maximum atomic E-state index is 12.6. The number of hydrogen-bond donors (Lipinski definition) is 1. The lowest BCUT2D eigenvalue weighted by molar-refractivity contribution is -0.383. The van der Waals surface area contributed by atoms with E-state index in [1.807, 2.05) is 30.4 Å². The van der Waals surface area contributed by atoms with E-state index in [9.17, 15) is 14.9 Å². The van der Waals surface area contributed by atoms with Crippen LogP contribution in [0.2, 0.25) is 0 Å². The Morgan fingerprint density at radius 2 is 1.67 bits per heavy atom. The molecule has 1 amide bonds. The normalized spacial score (nSPS) is 11.7. The van der Waals surface area contributed by atoms with Gasteiger partial charge < -0.3 is 5.32 Å². The van der Waals surface area contributed by atoms with Gasteiger partial charge in [-0.25, -0.2) is 0 Å². The van der Waals surface area contributed by atoms with Crippen LogP contribution in [0.25, 0.3) is 22.9 Å². The van der Waals surface area contributed by atoms with Crippen molar-refractivity contribution in [1.29, 1.82) is 0 Å². The molecule has 4 rings (SSSR count). The number of nitrogens with one attached hydrogen (secondary N) is 1. The van der Waals surface area contributed by atoms with Crippen molar-refractivity contribution in [3.63, 3.8) is 0 Å². The van der Waals surface area contributed by atoms with Crippen LogP contribution >= 0.6 is 0 Å². The summed E-state index contributed by atoms with van der Waals surface area (Å²) in [4.78, 5) is 23.3. The van der Waals surface area contributed by atoms with Crippen LogP contribution in [0, 0.1) is 10.1 Å². The van der Waals surface area contributed by atoms with Crippen molar-refractivity contribution in [3.8, 4) is 0 Å². The number of non-ortho nitro benzene ring substituents is 1. The van der Waals surface area contributed by atoms with Gasteiger partial charge in [0.25, 0.3) is 11.6 Å². The molecule has 24 heavy (non-hydrogen) atoms. The number of benzene rings is 3. The van der Waals surface area contributed by atoms with Crippen molar-refractivity contribution in [1.82, 2.24) is 0 Å². The Hall–Kier alpha value is -3.47. The van der Waals surface area contributed by atoms with E-state index in [1.165, 1.54) is 12.1 Å². The number of nitro benzene ring substituents is 1. The Bertz CT molecular complexity index is 1040. The van der Waals surface area contributed by atoms with E-state index in [2.05, 4.69) is 5.32 Å². The first kappa shape index (κ1) is 14.1. The summed E-state index contributed by atoms with van der Waals surface area (Å²) in [6, 6.07) is 15.4. The molecule has 1 N–H and O–H groups in total. The van der Waals surface area contributed by atoms with Gasteiger partial charge in [-0.1, -0.05) is 36.4 Å². The summed E-state index contributed by atoms with van der Waals surface area (Å²) in [5.41, 5.74) is 3.34. The van der Waals surface area contributed by atoms with Crippen LogP contribution in [0.3, 0.4) is 0 Å². The maximum absolute atomic E-state index is 12.6. The molecule has 0 heterocycles. The second kappa shape index (κ2) is 5.31. The minimum Gasteiger partial charge on any atom is -0.322 e. The number of rotatable bonds is 3. The fraction of sp³-hybridized carbons (Fsp3) is 0. The third-order valence-corrected chi connectivity index (χ3v) is 4.13. The highest BCUT2D eigenvalue weighted by Crippen LogP contribution is 2.30. The predicted octanol–water partition coefficient (Wildman–Crippen LogP) is 4.48. The average Bonchev–Trinajstić information content (AvgIpc) is 2.56. The summed E-state index contributed by atoms with van der Waals surface area (Å²) in [7, 11) is 0. The third-order valence-electron chi connectivity index (χ3n) is 4.13. The van der Waals surface area contributed by atoms with Gasteiger partial charge in [0.05, 0.1) is 10.3 Å². The SMILES string of the molecule is O=C(Nc1ccc2c(c1)C=C2)c1ccc([N+](=O)[O-])c2ccccc12. The molecule has 0 atom stereocenters. The van der Waals surface area contributed by atoms with Gasteiger partial charge in [0, 0.05) is 22.7 Å². The lowest BCUT2D eigenvalue weighted by atomic mass is 9.97. The summed E-state index contributed by atoms with van der Waals surface area (Å²) >= 11 is 0. The van der Waals surface area contributed by atoms with E-state index in [4.69, 9.17) is 0 Å². The molecule has 3 aromatic rings. The topological polar surface area (TPSA) is 72.2 Å². The Morgan fingerprint density at radius 3 is 2.33 bits per heavy atom. The number of nitro groups is 1. The largest absolute Gasteiger partial charge is 0.322 e. The quantitative estimate of drug-likeness (QED) is 0.447. The zero-order valence-corrected chi connectivity index (χ0v) is 12.5. The van der Waals surface area contributed by atoms with E-state index >= 15 is 0 Å². The number of carbonyl (C=O) groups is 1. The van der Waals surface area contributed by atoms with Crippen LogP contribution in [0.15, 0.2) is 54.6 Å². The minimum absolute atomic E-state index is 0.00618. The van der Waals surface area contributed by atoms with Crippen LogP contribution in [0.4, 0.5) is 11.4 Å². The fourth-order valence-corrected chi connectivity index (χ4v) is 2.87. The highest BCUT2D eigenvalue weighted by molar-refractivity contribution is 6.14. The van der Waals surface area contributed by atoms with Gasteiger partial charge in [-0.3, -0.25) is 14.9 Å². The Balaban J connectivity index is 1.73. The Morgan fingerprint density at radius 1 is 0.917 bits per heavy atom. The Kier molecular flexibility index (Phi) is 3.13. The molecule has 0 spiro atoms. The molecule has 0 bridgehead atoms. The molecule has 0 fully saturated rings. The molecule has 0 unspecified atom stereocenters. The van der Waals surface area contributed by atoms with Gasteiger partial charge in [0.2, 0.25) is 0 Å². The summed E-state index contributed by atoms with van der Waals surface area (Å²) in [5, 5.41) is 15.0. The Labute approximate surface area is 137 Å². The molecule has 1 aliphatic carbocycles. The summed E-state index contributed by atoms with van der Waals surface area (Å²) in [6.07, 6.45) is 3.98. The zero-order chi connectivity index (χ0) is 16.7. The summed E-state index contributed by atoms with van der Waals surface area (Å²) in [6.45, 7) is 0. The van der Waals surface area contributed by atoms with Crippen LogP contribution in [0.1, 0.15) is 21.5 Å². The van der Waals surface area contributed by atoms with Gasteiger partial charge >= 0.3 is 0 Å². The van der Waals surface area contributed by atoms with E-state index in [1.54, 1.807) is 24.3 Å². The van der Waals surface area contributed by atoms with Crippen LogP contribution in [0.5, 0.6) is 0 Å². The number of hydrogen-bond acceptors (Lipinski definition) is 3. The molecule has 3 aromatic carbocycles.